The van der Waals surface area contributed by atoms with E-state index < -0.39 is 18.4 Å². The largest absolute Gasteiger partial charge is 0.477 e. The molecule has 0 aromatic heterocycles. The lowest BCUT2D eigenvalue weighted by Gasteiger charge is -2.25. The molecule has 0 aliphatic carbocycles. The fourth-order valence-electron chi connectivity index (χ4n) is 13.6. The number of carboxylic acid groups (broad SMARTS) is 1. The van der Waals surface area contributed by atoms with Crippen molar-refractivity contribution in [1.29, 1.82) is 0 Å². The lowest BCUT2D eigenvalue weighted by Crippen LogP contribution is -2.40. The first-order valence-corrected chi connectivity index (χ1v) is 45.1. The molecule has 0 aliphatic heterocycles. The number of nitrogens with zero attached hydrogens (tertiary/aromatic N) is 1. The minimum Gasteiger partial charge on any atom is -0.477 e. The molecule has 1 N–H and O–H groups in total. The summed E-state index contributed by atoms with van der Waals surface area (Å²) in [7, 11) is 6.00. The zero-order valence-electron chi connectivity index (χ0n) is 69.2. The topological polar surface area (TPSA) is 108 Å². The Hall–Kier alpha value is -3.27. The maximum absolute atomic E-state index is 13.0. The van der Waals surface area contributed by atoms with E-state index in [9.17, 15) is 19.5 Å². The van der Waals surface area contributed by atoms with Crippen molar-refractivity contribution in [3.63, 3.8) is 0 Å². The zero-order chi connectivity index (χ0) is 74.6. The standard InChI is InChI=1S/C94H173NO8/c1-6-8-10-12-14-16-18-20-22-24-26-28-30-32-34-36-38-40-42-44-45-46-47-49-51-53-55-57-59-61-63-65-67-69-71-73-75-77-79-81-83-85-92(97)103-90(89-102-94(93(98)99)100-87-86-95(3,4)5)88-101-91(96)84-82-80-78-76-74-72-70-68-66-64-62-60-58-56-54-52-50-48-43-41-39-37-35-33-31-29-27-25-23-21-19-17-15-13-11-9-7-2/h8,10,14,16,19-22,25-28,90,94H,6-7,9,11-13,15,17-18,23-24,29-89H2,1-5H3/p+1/b10-8-,16-14-,21-19-,22-20-,27-25-,28-26-. The van der Waals surface area contributed by atoms with E-state index in [-0.39, 0.29) is 38.2 Å². The van der Waals surface area contributed by atoms with Gasteiger partial charge in [-0.25, -0.2) is 4.79 Å². The first-order chi connectivity index (χ1) is 50.6. The summed E-state index contributed by atoms with van der Waals surface area (Å²) in [4.78, 5) is 37.8. The summed E-state index contributed by atoms with van der Waals surface area (Å²) in [6.45, 7) is 4.83. The van der Waals surface area contributed by atoms with Crippen LogP contribution < -0.4 is 0 Å². The number of carbonyl (C=O) groups excluding carboxylic acids is 2. The first kappa shape index (κ1) is 99.7. The van der Waals surface area contributed by atoms with Crippen molar-refractivity contribution < 1.29 is 42.9 Å². The number of quaternary nitrogens is 1. The van der Waals surface area contributed by atoms with Gasteiger partial charge in [0.05, 0.1) is 34.4 Å². The molecule has 0 rings (SSSR count). The second-order valence-electron chi connectivity index (χ2n) is 31.9. The molecule has 0 heterocycles. The minimum atomic E-state index is -1.51. The lowest BCUT2D eigenvalue weighted by atomic mass is 10.0. The quantitative estimate of drug-likeness (QED) is 0.0211. The summed E-state index contributed by atoms with van der Waals surface area (Å²) in [5.41, 5.74) is 0. The molecule has 0 aromatic carbocycles. The number of likely N-dealkylation sites (N-methyl/N-ethyl adjacent to an activating group) is 1. The maximum atomic E-state index is 13.0. The normalized spacial score (nSPS) is 12.9. The number of esters is 2. The number of rotatable bonds is 85. The Balaban J connectivity index is 3.89. The lowest BCUT2D eigenvalue weighted by molar-refractivity contribution is -0.870. The number of hydrogen-bond acceptors (Lipinski definition) is 7. The van der Waals surface area contributed by atoms with Crippen molar-refractivity contribution in [1.82, 2.24) is 0 Å². The van der Waals surface area contributed by atoms with Gasteiger partial charge in [0.25, 0.3) is 6.29 Å². The van der Waals surface area contributed by atoms with E-state index in [1.54, 1.807) is 0 Å². The van der Waals surface area contributed by atoms with Gasteiger partial charge in [-0.05, 0) is 83.5 Å². The van der Waals surface area contributed by atoms with Crippen LogP contribution >= 0.6 is 0 Å². The molecule has 0 radical (unpaired) electrons. The van der Waals surface area contributed by atoms with Crippen LogP contribution in [-0.4, -0.2) is 87.4 Å². The molecule has 0 aliphatic rings. The average molecular weight is 1450 g/mol. The van der Waals surface area contributed by atoms with Crippen molar-refractivity contribution in [2.75, 3.05) is 47.5 Å². The van der Waals surface area contributed by atoms with Gasteiger partial charge in [0.2, 0.25) is 0 Å². The second kappa shape index (κ2) is 84.4. The number of unbranched alkanes of at least 4 members (excludes halogenated alkanes) is 58. The molecule has 103 heavy (non-hydrogen) atoms. The van der Waals surface area contributed by atoms with Crippen molar-refractivity contribution in [3.8, 4) is 0 Å². The van der Waals surface area contributed by atoms with E-state index in [0.29, 0.717) is 17.4 Å². The fourth-order valence-corrected chi connectivity index (χ4v) is 13.6. The van der Waals surface area contributed by atoms with Crippen molar-refractivity contribution in [2.45, 2.75) is 463 Å². The van der Waals surface area contributed by atoms with E-state index in [2.05, 4.69) is 86.8 Å². The van der Waals surface area contributed by atoms with Crippen LogP contribution in [0.25, 0.3) is 0 Å². The highest BCUT2D eigenvalue weighted by atomic mass is 16.7. The SMILES string of the molecule is CC/C=C\C/C=C\C/C=C\C/C=C\CCCCCCCCCCCCCCCCCCCCCCCCCCCCCCC(=O)OC(COC(=O)CCCCCCCCCCCCCCCCCCCCCCCCCCC/C=C\C/C=C\CCCCCCC)COC(OCC[N+](C)(C)C)C(=O)O. The van der Waals surface area contributed by atoms with Gasteiger partial charge in [0.15, 0.2) is 6.10 Å². The number of carbonyl (C=O) groups is 3. The Kier molecular flexibility index (Phi) is 81.7. The number of ether oxygens (including phenoxy) is 4. The molecule has 602 valence electrons. The molecular formula is C94H174NO8+. The summed E-state index contributed by atoms with van der Waals surface area (Å²) in [5.74, 6) is -1.97. The van der Waals surface area contributed by atoms with Crippen LogP contribution in [0.5, 0.6) is 0 Å². The van der Waals surface area contributed by atoms with Crippen LogP contribution in [-0.2, 0) is 33.3 Å². The van der Waals surface area contributed by atoms with Gasteiger partial charge in [-0.2, -0.15) is 0 Å². The van der Waals surface area contributed by atoms with E-state index >= 15 is 0 Å². The number of carboxylic acids is 1. The van der Waals surface area contributed by atoms with Gasteiger partial charge in [-0.3, -0.25) is 9.59 Å². The second-order valence-corrected chi connectivity index (χ2v) is 31.9. The smallest absolute Gasteiger partial charge is 0.361 e. The molecule has 2 unspecified atom stereocenters. The Morgan fingerprint density at radius 1 is 0.301 bits per heavy atom. The molecule has 0 saturated heterocycles. The van der Waals surface area contributed by atoms with E-state index in [0.717, 1.165) is 70.6 Å². The van der Waals surface area contributed by atoms with Crippen LogP contribution in [0.2, 0.25) is 0 Å². The monoisotopic (exact) mass is 1450 g/mol. The van der Waals surface area contributed by atoms with E-state index in [1.807, 2.05) is 21.1 Å². The van der Waals surface area contributed by atoms with Crippen LogP contribution in [0, 0.1) is 0 Å². The zero-order valence-corrected chi connectivity index (χ0v) is 69.2. The van der Waals surface area contributed by atoms with Crippen LogP contribution in [0.3, 0.4) is 0 Å². The van der Waals surface area contributed by atoms with Crippen molar-refractivity contribution in [3.05, 3.63) is 72.9 Å². The molecule has 0 amide bonds. The highest BCUT2D eigenvalue weighted by Gasteiger charge is 2.25. The summed E-state index contributed by atoms with van der Waals surface area (Å²) in [5, 5.41) is 9.80. The third kappa shape index (κ3) is 85.9. The van der Waals surface area contributed by atoms with E-state index in [1.165, 1.54) is 353 Å². The Labute approximate surface area is 640 Å². The highest BCUT2D eigenvalue weighted by Crippen LogP contribution is 2.21. The number of aliphatic carboxylic acids is 1. The Morgan fingerprint density at radius 3 is 0.825 bits per heavy atom. The van der Waals surface area contributed by atoms with Gasteiger partial charge in [-0.15, -0.1) is 0 Å². The summed E-state index contributed by atoms with van der Waals surface area (Å²) in [6.07, 6.45) is 113. The van der Waals surface area contributed by atoms with Crippen LogP contribution in [0.4, 0.5) is 0 Å². The molecule has 0 fully saturated rings. The molecule has 0 spiro atoms. The Bertz CT molecular complexity index is 1930. The van der Waals surface area contributed by atoms with Crippen LogP contribution in [0.15, 0.2) is 72.9 Å². The van der Waals surface area contributed by atoms with Gasteiger partial charge in [0.1, 0.15) is 13.2 Å². The fraction of sp³-hybridized carbons (Fsp3) is 0.840. The first-order valence-electron chi connectivity index (χ1n) is 45.1. The summed E-state index contributed by atoms with van der Waals surface area (Å²) < 4.78 is 23.1. The minimum absolute atomic E-state index is 0.176. The van der Waals surface area contributed by atoms with E-state index in [4.69, 9.17) is 18.9 Å². The number of hydrogen-bond donors (Lipinski definition) is 1. The third-order valence-corrected chi connectivity index (χ3v) is 20.4. The molecule has 9 nitrogen and oxygen atoms in total. The highest BCUT2D eigenvalue weighted by molar-refractivity contribution is 5.71. The predicted octanol–water partition coefficient (Wildman–Crippen LogP) is 29.5. The molecule has 0 saturated carbocycles. The predicted molar refractivity (Wildman–Crippen MR) is 447 cm³/mol. The molecule has 2 atom stereocenters. The molecule has 0 bridgehead atoms. The molecular weight excluding hydrogens is 1270 g/mol. The van der Waals surface area contributed by atoms with Gasteiger partial charge >= 0.3 is 17.9 Å². The molecule has 0 aromatic rings. The van der Waals surface area contributed by atoms with Gasteiger partial charge in [0, 0.05) is 12.8 Å². The van der Waals surface area contributed by atoms with Gasteiger partial charge in [-0.1, -0.05) is 427 Å². The van der Waals surface area contributed by atoms with Gasteiger partial charge < -0.3 is 28.5 Å². The summed E-state index contributed by atoms with van der Waals surface area (Å²) >= 11 is 0. The van der Waals surface area contributed by atoms with Crippen molar-refractivity contribution in [2.24, 2.45) is 0 Å². The molecule has 9 heteroatoms. The third-order valence-electron chi connectivity index (χ3n) is 20.4. The number of allylic oxidation sites excluding steroid dienone is 12. The average Bonchev–Trinajstić information content (AvgIpc) is 1.01. The van der Waals surface area contributed by atoms with Crippen molar-refractivity contribution >= 4 is 17.9 Å². The summed E-state index contributed by atoms with van der Waals surface area (Å²) in [6, 6.07) is 0. The maximum Gasteiger partial charge on any atom is 0.361 e. The van der Waals surface area contributed by atoms with Crippen LogP contribution in [0.1, 0.15) is 450 Å². The Morgan fingerprint density at radius 2 is 0.553 bits per heavy atom.